The summed E-state index contributed by atoms with van der Waals surface area (Å²) in [6, 6.07) is 17.6. The van der Waals surface area contributed by atoms with Crippen molar-refractivity contribution in [2.45, 2.75) is 83.6 Å². The second-order valence-electron chi connectivity index (χ2n) is 11.6. The average Bonchev–Trinajstić information content (AvgIpc) is 3.66. The van der Waals surface area contributed by atoms with E-state index in [4.69, 9.17) is 4.74 Å². The van der Waals surface area contributed by atoms with Crippen molar-refractivity contribution in [1.29, 1.82) is 0 Å². The third-order valence-electron chi connectivity index (χ3n) is 7.15. The van der Waals surface area contributed by atoms with Crippen LogP contribution in [0, 0.1) is 17.3 Å². The van der Waals surface area contributed by atoms with Gasteiger partial charge in [0.15, 0.2) is 0 Å². The Morgan fingerprint density at radius 1 is 1.14 bits per heavy atom. The van der Waals surface area contributed by atoms with Gasteiger partial charge in [-0.1, -0.05) is 54.3 Å². The standard InChI is InChI=1S/C31H38N2O4/c1-22(24-13-11-23(12-14-24)17-18-29(2,3)27(34)32-26-15-16-26)33-20-19-31(37-28(33)35,21-30(4,5)36)25-9-7-6-8-10-25/h6-14,22,26,36H,15-16,19-21H2,1-5H3,(H,32,34)/t22-,31?/m0/s1. The van der Waals surface area contributed by atoms with Gasteiger partial charge in [0.05, 0.1) is 11.6 Å². The highest BCUT2D eigenvalue weighted by Crippen LogP contribution is 2.42. The zero-order chi connectivity index (χ0) is 26.8. The summed E-state index contributed by atoms with van der Waals surface area (Å²) in [5.74, 6) is 6.19. The highest BCUT2D eigenvalue weighted by molar-refractivity contribution is 5.85. The molecule has 4 rings (SSSR count). The van der Waals surface area contributed by atoms with Gasteiger partial charge in [-0.3, -0.25) is 4.79 Å². The van der Waals surface area contributed by atoms with Crippen LogP contribution in [0.1, 0.15) is 83.0 Å². The molecule has 196 valence electrons. The van der Waals surface area contributed by atoms with Gasteiger partial charge in [-0.05, 0) is 70.7 Å². The SMILES string of the molecule is C[C@@H](c1ccc(C#CC(C)(C)C(=O)NC2CC2)cc1)N1CCC(CC(C)(C)O)(c2ccccc2)OC1=O. The first-order valence-electron chi connectivity index (χ1n) is 13.1. The third kappa shape index (κ3) is 6.53. The van der Waals surface area contributed by atoms with Gasteiger partial charge in [0, 0.05) is 31.0 Å². The van der Waals surface area contributed by atoms with E-state index in [1.807, 2.05) is 75.4 Å². The van der Waals surface area contributed by atoms with Crippen molar-refractivity contribution in [2.24, 2.45) is 5.41 Å². The summed E-state index contributed by atoms with van der Waals surface area (Å²) in [7, 11) is 0. The summed E-state index contributed by atoms with van der Waals surface area (Å²) in [5, 5.41) is 13.6. The molecule has 1 unspecified atom stereocenters. The van der Waals surface area contributed by atoms with Crippen molar-refractivity contribution in [1.82, 2.24) is 10.2 Å². The number of aliphatic hydroxyl groups is 1. The van der Waals surface area contributed by atoms with Crippen LogP contribution in [-0.4, -0.2) is 40.2 Å². The summed E-state index contributed by atoms with van der Waals surface area (Å²) in [6.45, 7) is 9.65. The van der Waals surface area contributed by atoms with Gasteiger partial charge in [0.2, 0.25) is 5.91 Å². The fourth-order valence-corrected chi connectivity index (χ4v) is 4.79. The quantitative estimate of drug-likeness (QED) is 0.504. The van der Waals surface area contributed by atoms with Gasteiger partial charge in [0.25, 0.3) is 0 Å². The van der Waals surface area contributed by atoms with Crippen LogP contribution < -0.4 is 5.32 Å². The molecule has 0 spiro atoms. The molecule has 2 amide bonds. The van der Waals surface area contributed by atoms with E-state index in [0.29, 0.717) is 25.4 Å². The first-order valence-corrected chi connectivity index (χ1v) is 13.1. The van der Waals surface area contributed by atoms with E-state index >= 15 is 0 Å². The molecule has 1 saturated carbocycles. The molecule has 6 nitrogen and oxygen atoms in total. The topological polar surface area (TPSA) is 78.9 Å². The maximum atomic E-state index is 13.3. The summed E-state index contributed by atoms with van der Waals surface area (Å²) in [6.07, 6.45) is 2.61. The van der Waals surface area contributed by atoms with Gasteiger partial charge in [-0.15, -0.1) is 0 Å². The lowest BCUT2D eigenvalue weighted by molar-refractivity contribution is -0.126. The van der Waals surface area contributed by atoms with Crippen LogP contribution in [0.5, 0.6) is 0 Å². The lowest BCUT2D eigenvalue weighted by atomic mass is 9.80. The molecule has 2 N–H and O–H groups in total. The van der Waals surface area contributed by atoms with Crippen molar-refractivity contribution in [2.75, 3.05) is 6.54 Å². The third-order valence-corrected chi connectivity index (χ3v) is 7.15. The minimum Gasteiger partial charge on any atom is -0.438 e. The molecule has 0 bridgehead atoms. The summed E-state index contributed by atoms with van der Waals surface area (Å²) < 4.78 is 6.11. The van der Waals surface area contributed by atoms with Crippen LogP contribution in [0.4, 0.5) is 4.79 Å². The molecule has 0 radical (unpaired) electrons. The fourth-order valence-electron chi connectivity index (χ4n) is 4.79. The highest BCUT2D eigenvalue weighted by Gasteiger charge is 2.46. The number of rotatable bonds is 7. The molecule has 2 aromatic carbocycles. The normalized spacial score (nSPS) is 20.9. The minimum absolute atomic E-state index is 0.0347. The number of nitrogens with zero attached hydrogens (tertiary/aromatic N) is 1. The first kappa shape index (κ1) is 26.8. The van der Waals surface area contributed by atoms with Gasteiger partial charge in [-0.2, -0.15) is 0 Å². The zero-order valence-corrected chi connectivity index (χ0v) is 22.5. The average molecular weight is 503 g/mol. The fraction of sp³-hybridized carbons (Fsp3) is 0.484. The number of amides is 2. The molecule has 6 heteroatoms. The molecule has 1 aliphatic heterocycles. The second kappa shape index (κ2) is 10.2. The number of hydrogen-bond donors (Lipinski definition) is 2. The van der Waals surface area contributed by atoms with E-state index in [-0.39, 0.29) is 18.0 Å². The number of nitrogens with one attached hydrogen (secondary N) is 1. The maximum Gasteiger partial charge on any atom is 0.411 e. The molecule has 37 heavy (non-hydrogen) atoms. The predicted molar refractivity (Wildman–Crippen MR) is 144 cm³/mol. The molecule has 1 saturated heterocycles. The number of hydrogen-bond acceptors (Lipinski definition) is 4. The maximum absolute atomic E-state index is 13.3. The highest BCUT2D eigenvalue weighted by atomic mass is 16.6. The molecule has 2 aliphatic rings. The smallest absolute Gasteiger partial charge is 0.411 e. The predicted octanol–water partition coefficient (Wildman–Crippen LogP) is 5.30. The molecule has 1 aliphatic carbocycles. The van der Waals surface area contributed by atoms with Crippen molar-refractivity contribution < 1.29 is 19.4 Å². The number of cyclic esters (lactones) is 1. The number of carbonyl (C=O) groups excluding carboxylic acids is 2. The van der Waals surface area contributed by atoms with Gasteiger partial charge < -0.3 is 20.1 Å². The lowest BCUT2D eigenvalue weighted by Crippen LogP contribution is -2.51. The van der Waals surface area contributed by atoms with Crippen LogP contribution in [-0.2, 0) is 15.1 Å². The molecule has 1 heterocycles. The van der Waals surface area contributed by atoms with Gasteiger partial charge >= 0.3 is 6.09 Å². The number of benzene rings is 2. The van der Waals surface area contributed by atoms with Crippen molar-refractivity contribution in [3.05, 3.63) is 71.3 Å². The summed E-state index contributed by atoms with van der Waals surface area (Å²) in [4.78, 5) is 27.4. The molecular weight excluding hydrogens is 464 g/mol. The van der Waals surface area contributed by atoms with E-state index in [2.05, 4.69) is 17.2 Å². The van der Waals surface area contributed by atoms with Crippen LogP contribution in [0.2, 0.25) is 0 Å². The molecular formula is C31H38N2O4. The van der Waals surface area contributed by atoms with E-state index in [9.17, 15) is 14.7 Å². The van der Waals surface area contributed by atoms with Crippen molar-refractivity contribution >= 4 is 12.0 Å². The van der Waals surface area contributed by atoms with Crippen LogP contribution in [0.25, 0.3) is 0 Å². The Bertz CT molecular complexity index is 1180. The molecule has 0 aromatic heterocycles. The Balaban J connectivity index is 1.45. The van der Waals surface area contributed by atoms with Gasteiger partial charge in [0.1, 0.15) is 11.0 Å². The molecule has 2 aromatic rings. The Labute approximate surface area is 220 Å². The Morgan fingerprint density at radius 3 is 2.35 bits per heavy atom. The monoisotopic (exact) mass is 502 g/mol. The van der Waals surface area contributed by atoms with E-state index in [1.54, 1.807) is 18.7 Å². The number of carbonyl (C=O) groups is 2. The van der Waals surface area contributed by atoms with Gasteiger partial charge in [-0.25, -0.2) is 4.79 Å². The Kier molecular flexibility index (Phi) is 7.39. The molecule has 2 atom stereocenters. The van der Waals surface area contributed by atoms with E-state index in [1.165, 1.54) is 0 Å². The number of ether oxygens (including phenoxy) is 1. The Hall–Kier alpha value is -3.30. The van der Waals surface area contributed by atoms with E-state index < -0.39 is 16.6 Å². The zero-order valence-electron chi connectivity index (χ0n) is 22.5. The second-order valence-corrected chi connectivity index (χ2v) is 11.6. The first-order chi connectivity index (χ1) is 17.4. The van der Waals surface area contributed by atoms with Crippen LogP contribution in [0.15, 0.2) is 54.6 Å². The Morgan fingerprint density at radius 2 is 1.78 bits per heavy atom. The van der Waals surface area contributed by atoms with Crippen molar-refractivity contribution in [3.63, 3.8) is 0 Å². The minimum atomic E-state index is -0.992. The largest absolute Gasteiger partial charge is 0.438 e. The summed E-state index contributed by atoms with van der Waals surface area (Å²) in [5.41, 5.74) is 0.0642. The summed E-state index contributed by atoms with van der Waals surface area (Å²) >= 11 is 0. The lowest BCUT2D eigenvalue weighted by Gasteiger charge is -2.45. The van der Waals surface area contributed by atoms with Crippen molar-refractivity contribution in [3.8, 4) is 11.8 Å². The molecule has 2 fully saturated rings. The van der Waals surface area contributed by atoms with Crippen LogP contribution in [0.3, 0.4) is 0 Å². The van der Waals surface area contributed by atoms with Crippen LogP contribution >= 0.6 is 0 Å². The van der Waals surface area contributed by atoms with E-state index in [0.717, 1.165) is 29.5 Å².